The normalized spacial score (nSPS) is 12.1. The molecule has 186 valence electrons. The van der Waals surface area contributed by atoms with E-state index in [9.17, 15) is 32.4 Å². The zero-order valence-electron chi connectivity index (χ0n) is 18.7. The molecule has 35 heavy (non-hydrogen) atoms. The van der Waals surface area contributed by atoms with E-state index in [1.165, 1.54) is 0 Å². The quantitative estimate of drug-likeness (QED) is 0.175. The van der Waals surface area contributed by atoms with Crippen molar-refractivity contribution in [1.29, 1.82) is 10.7 Å². The molecule has 1 atom stereocenters. The minimum atomic E-state index is -4.73. The zero-order chi connectivity index (χ0) is 26.2. The lowest BCUT2D eigenvalue weighted by Gasteiger charge is -2.18. The molecule has 0 heterocycles. The minimum absolute atomic E-state index is 0.0951. The van der Waals surface area contributed by atoms with E-state index in [0.717, 1.165) is 17.0 Å². The molecule has 2 aromatic rings. The van der Waals surface area contributed by atoms with Gasteiger partial charge < -0.3 is 10.6 Å². The van der Waals surface area contributed by atoms with Crippen LogP contribution in [0.15, 0.2) is 42.5 Å². The number of nitriles is 1. The lowest BCUT2D eigenvalue weighted by Crippen LogP contribution is -2.45. The second-order valence-electron chi connectivity index (χ2n) is 7.53. The number of nitrogens with one attached hydrogen (secondary N) is 3. The van der Waals surface area contributed by atoms with Crippen LogP contribution in [0.2, 0.25) is 0 Å². The summed E-state index contributed by atoms with van der Waals surface area (Å²) in [6, 6.07) is 9.56. The summed E-state index contributed by atoms with van der Waals surface area (Å²) in [5.41, 5.74) is -0.773. The number of hydrogen-bond donors (Lipinski definition) is 4. The molecule has 0 saturated carbocycles. The molecular formula is C23H24F4N6O2. The summed E-state index contributed by atoms with van der Waals surface area (Å²) in [6.45, 7) is 1.35. The summed E-state index contributed by atoms with van der Waals surface area (Å²) in [6.07, 6.45) is -3.92. The Balaban J connectivity index is 1.85. The number of hydrazine groups is 1. The molecule has 2 rings (SSSR count). The monoisotopic (exact) mass is 492 g/mol. The maximum Gasteiger partial charge on any atom is 0.416 e. The number of amides is 2. The number of rotatable bonds is 10. The van der Waals surface area contributed by atoms with E-state index in [4.69, 9.17) is 11.3 Å². The third-order valence-corrected chi connectivity index (χ3v) is 4.98. The van der Waals surface area contributed by atoms with Gasteiger partial charge in [0, 0.05) is 13.1 Å². The smallest absolute Gasteiger partial charge is 0.351 e. The van der Waals surface area contributed by atoms with Crippen molar-refractivity contribution in [2.45, 2.75) is 25.6 Å². The van der Waals surface area contributed by atoms with E-state index in [1.54, 1.807) is 12.1 Å². The number of hydrogen-bond acceptors (Lipinski definition) is 6. The van der Waals surface area contributed by atoms with Crippen LogP contribution in [0, 0.1) is 22.6 Å². The van der Waals surface area contributed by atoms with Crippen molar-refractivity contribution in [3.63, 3.8) is 0 Å². The largest absolute Gasteiger partial charge is 0.416 e. The molecule has 8 nitrogen and oxygen atoms in total. The first-order valence-corrected chi connectivity index (χ1v) is 10.5. The van der Waals surface area contributed by atoms with E-state index in [2.05, 4.69) is 10.6 Å². The van der Waals surface area contributed by atoms with Crippen LogP contribution in [-0.4, -0.2) is 42.2 Å². The van der Waals surface area contributed by atoms with Crippen molar-refractivity contribution in [2.75, 3.05) is 19.6 Å². The maximum absolute atomic E-state index is 13.8. The number of nitrogens with two attached hydrogens (primary N) is 1. The Morgan fingerprint density at radius 3 is 2.43 bits per heavy atom. The van der Waals surface area contributed by atoms with Gasteiger partial charge in [0.1, 0.15) is 17.6 Å². The molecular weight excluding hydrogens is 468 g/mol. The zero-order valence-corrected chi connectivity index (χ0v) is 18.7. The first-order valence-electron chi connectivity index (χ1n) is 10.5. The fourth-order valence-electron chi connectivity index (χ4n) is 2.99. The fourth-order valence-corrected chi connectivity index (χ4v) is 2.99. The summed E-state index contributed by atoms with van der Waals surface area (Å²) < 4.78 is 52.2. The fraction of sp³-hybridized carbons (Fsp3) is 0.304. The Morgan fingerprint density at radius 1 is 1.20 bits per heavy atom. The van der Waals surface area contributed by atoms with Crippen LogP contribution in [0.1, 0.15) is 40.0 Å². The van der Waals surface area contributed by atoms with Crippen LogP contribution in [0.25, 0.3) is 0 Å². The van der Waals surface area contributed by atoms with Crippen molar-refractivity contribution in [1.82, 2.24) is 15.6 Å². The van der Waals surface area contributed by atoms with Crippen LogP contribution in [0.5, 0.6) is 0 Å². The molecule has 1 unspecified atom stereocenters. The Kier molecular flexibility index (Phi) is 9.44. The molecule has 0 bridgehead atoms. The SMILES string of the molecule is CCc1ccc(C(C#N)NC(=O)C(=N)CN(N)CCNC(=O)c2cc(C(F)(F)F)ccc2F)cc1. The van der Waals surface area contributed by atoms with Gasteiger partial charge in [0.05, 0.1) is 23.7 Å². The van der Waals surface area contributed by atoms with E-state index in [1.807, 2.05) is 25.1 Å². The van der Waals surface area contributed by atoms with Crippen LogP contribution in [-0.2, 0) is 17.4 Å². The van der Waals surface area contributed by atoms with Crippen molar-refractivity contribution < 1.29 is 27.2 Å². The van der Waals surface area contributed by atoms with E-state index in [-0.39, 0.29) is 19.6 Å². The second kappa shape index (κ2) is 12.0. The number of nitrogens with zero attached hydrogens (tertiary/aromatic N) is 2. The number of aryl methyl sites for hydroxylation is 1. The molecule has 0 aliphatic heterocycles. The van der Waals surface area contributed by atoms with E-state index < -0.39 is 46.7 Å². The summed E-state index contributed by atoms with van der Waals surface area (Å²) in [7, 11) is 0. The van der Waals surface area contributed by atoms with Gasteiger partial charge >= 0.3 is 6.18 Å². The minimum Gasteiger partial charge on any atom is -0.351 e. The average molecular weight is 492 g/mol. The second-order valence-corrected chi connectivity index (χ2v) is 7.53. The Morgan fingerprint density at radius 2 is 1.86 bits per heavy atom. The Bertz CT molecular complexity index is 1110. The van der Waals surface area contributed by atoms with E-state index >= 15 is 0 Å². The van der Waals surface area contributed by atoms with Crippen molar-refractivity contribution in [3.8, 4) is 6.07 Å². The molecule has 0 spiro atoms. The van der Waals surface area contributed by atoms with Crippen molar-refractivity contribution >= 4 is 17.5 Å². The average Bonchev–Trinajstić information content (AvgIpc) is 2.81. The number of halogens is 4. The number of alkyl halides is 3. The molecule has 0 radical (unpaired) electrons. The predicted molar refractivity (Wildman–Crippen MR) is 120 cm³/mol. The first kappa shape index (κ1) is 27.4. The molecule has 12 heteroatoms. The van der Waals surface area contributed by atoms with E-state index in [0.29, 0.717) is 23.8 Å². The summed E-state index contributed by atoms with van der Waals surface area (Å²) in [4.78, 5) is 24.4. The van der Waals surface area contributed by atoms with Gasteiger partial charge in [-0.05, 0) is 35.7 Å². The van der Waals surface area contributed by atoms with Gasteiger partial charge in [0.25, 0.3) is 11.8 Å². The molecule has 0 aromatic heterocycles. The maximum atomic E-state index is 13.8. The standard InChI is InChI=1S/C23H24F4N6O2/c1-2-14-3-5-15(6-4-14)20(12-28)32-22(35)19(29)13-33(30)10-9-31-21(34)17-11-16(23(25,26)27)7-8-18(17)24/h3-8,11,20,29H,2,9-10,13,30H2,1H3,(H,31,34)(H,32,35). The van der Waals surface area contributed by atoms with Gasteiger partial charge in [-0.15, -0.1) is 0 Å². The Labute approximate surface area is 199 Å². The highest BCUT2D eigenvalue weighted by atomic mass is 19.4. The topological polar surface area (TPSA) is 135 Å². The van der Waals surface area contributed by atoms with Gasteiger partial charge in [-0.25, -0.2) is 9.40 Å². The van der Waals surface area contributed by atoms with Gasteiger partial charge in [0.15, 0.2) is 0 Å². The van der Waals surface area contributed by atoms with Crippen LogP contribution in [0.3, 0.4) is 0 Å². The highest BCUT2D eigenvalue weighted by molar-refractivity contribution is 6.38. The Hall–Kier alpha value is -3.82. The highest BCUT2D eigenvalue weighted by Gasteiger charge is 2.32. The van der Waals surface area contributed by atoms with Crippen LogP contribution < -0.4 is 16.5 Å². The third kappa shape index (κ3) is 7.87. The van der Waals surface area contributed by atoms with Gasteiger partial charge in [-0.2, -0.15) is 18.4 Å². The van der Waals surface area contributed by atoms with Gasteiger partial charge in [0.2, 0.25) is 0 Å². The third-order valence-electron chi connectivity index (χ3n) is 4.98. The molecule has 0 saturated heterocycles. The molecule has 5 N–H and O–H groups in total. The predicted octanol–water partition coefficient (Wildman–Crippen LogP) is 2.71. The molecule has 2 aromatic carbocycles. The van der Waals surface area contributed by atoms with Gasteiger partial charge in [-0.3, -0.25) is 20.8 Å². The molecule has 0 fully saturated rings. The van der Waals surface area contributed by atoms with Crippen molar-refractivity contribution in [3.05, 3.63) is 70.5 Å². The highest BCUT2D eigenvalue weighted by Crippen LogP contribution is 2.30. The molecule has 2 amide bonds. The summed E-state index contributed by atoms with van der Waals surface area (Å²) in [5, 5.41) is 23.0. The molecule has 0 aliphatic rings. The van der Waals surface area contributed by atoms with Crippen molar-refractivity contribution in [2.24, 2.45) is 5.84 Å². The lowest BCUT2D eigenvalue weighted by atomic mass is 10.0. The first-order chi connectivity index (χ1) is 16.5. The lowest BCUT2D eigenvalue weighted by molar-refractivity contribution is -0.137. The summed E-state index contributed by atoms with van der Waals surface area (Å²) >= 11 is 0. The van der Waals surface area contributed by atoms with Crippen LogP contribution >= 0.6 is 0 Å². The number of carbonyl (C=O) groups is 2. The van der Waals surface area contributed by atoms with Crippen LogP contribution in [0.4, 0.5) is 17.6 Å². The molecule has 0 aliphatic carbocycles. The number of carbonyl (C=O) groups excluding carboxylic acids is 2. The number of benzene rings is 2. The van der Waals surface area contributed by atoms with Gasteiger partial charge in [-0.1, -0.05) is 31.2 Å². The summed E-state index contributed by atoms with van der Waals surface area (Å²) in [5.74, 6) is 2.73.